The second-order valence-electron chi connectivity index (χ2n) is 3.62. The molecule has 1 amide bonds. The van der Waals surface area contributed by atoms with Gasteiger partial charge in [-0.05, 0) is 19.1 Å². The van der Waals surface area contributed by atoms with Gasteiger partial charge in [0.2, 0.25) is 0 Å². The molecule has 2 rings (SSSR count). The standard InChI is InChI=1S/C12H11ClN2O2/c1-8-4-11(13)10(6-14-8)12(16)15-5-9-2-3-17-7-9/h2-4,6-7H,5H2,1H3,(H,15,16). The summed E-state index contributed by atoms with van der Waals surface area (Å²) in [5.41, 5.74) is 2.05. The molecule has 0 aromatic carbocycles. The van der Waals surface area contributed by atoms with Crippen LogP contribution < -0.4 is 5.32 Å². The molecule has 0 aliphatic rings. The van der Waals surface area contributed by atoms with Crippen LogP contribution in [0.2, 0.25) is 5.02 Å². The lowest BCUT2D eigenvalue weighted by Crippen LogP contribution is -2.23. The van der Waals surface area contributed by atoms with E-state index in [0.29, 0.717) is 17.1 Å². The van der Waals surface area contributed by atoms with Crippen molar-refractivity contribution < 1.29 is 9.21 Å². The minimum absolute atomic E-state index is 0.247. The number of amides is 1. The zero-order valence-corrected chi connectivity index (χ0v) is 9.99. The van der Waals surface area contributed by atoms with Crippen LogP contribution >= 0.6 is 11.6 Å². The van der Waals surface area contributed by atoms with E-state index < -0.39 is 0 Å². The summed E-state index contributed by atoms with van der Waals surface area (Å²) in [5, 5.41) is 3.14. The number of nitrogens with one attached hydrogen (secondary N) is 1. The number of hydrogen-bond acceptors (Lipinski definition) is 3. The lowest BCUT2D eigenvalue weighted by Gasteiger charge is -2.05. The van der Waals surface area contributed by atoms with E-state index in [0.717, 1.165) is 11.3 Å². The van der Waals surface area contributed by atoms with E-state index in [9.17, 15) is 4.79 Å². The maximum atomic E-state index is 11.8. The number of hydrogen-bond donors (Lipinski definition) is 1. The molecule has 5 heteroatoms. The van der Waals surface area contributed by atoms with Crippen LogP contribution in [-0.2, 0) is 6.54 Å². The summed E-state index contributed by atoms with van der Waals surface area (Å²) < 4.78 is 4.90. The number of halogens is 1. The first-order chi connectivity index (χ1) is 8.16. The summed E-state index contributed by atoms with van der Waals surface area (Å²) >= 11 is 5.97. The van der Waals surface area contributed by atoms with E-state index in [1.165, 1.54) is 6.20 Å². The van der Waals surface area contributed by atoms with Gasteiger partial charge in [0.15, 0.2) is 0 Å². The zero-order valence-electron chi connectivity index (χ0n) is 9.24. The van der Waals surface area contributed by atoms with Crippen LogP contribution in [0.1, 0.15) is 21.6 Å². The fourth-order valence-corrected chi connectivity index (χ4v) is 1.66. The van der Waals surface area contributed by atoms with E-state index in [4.69, 9.17) is 16.0 Å². The third-order valence-corrected chi connectivity index (χ3v) is 2.58. The first-order valence-corrected chi connectivity index (χ1v) is 5.46. The number of carbonyl (C=O) groups excluding carboxylic acids is 1. The molecule has 88 valence electrons. The summed E-state index contributed by atoms with van der Waals surface area (Å²) in [7, 11) is 0. The first-order valence-electron chi connectivity index (χ1n) is 5.08. The molecule has 2 aromatic rings. The third-order valence-electron chi connectivity index (χ3n) is 2.27. The number of furan rings is 1. The SMILES string of the molecule is Cc1cc(Cl)c(C(=O)NCc2ccoc2)cn1. The van der Waals surface area contributed by atoms with Crippen LogP contribution in [0.25, 0.3) is 0 Å². The Balaban J connectivity index is 2.04. The Labute approximate surface area is 104 Å². The summed E-state index contributed by atoms with van der Waals surface area (Å²) in [6, 6.07) is 3.45. The van der Waals surface area contributed by atoms with Crippen LogP contribution in [0.3, 0.4) is 0 Å². The van der Waals surface area contributed by atoms with Crippen molar-refractivity contribution in [2.75, 3.05) is 0 Å². The van der Waals surface area contributed by atoms with Crippen LogP contribution in [0.15, 0.2) is 35.3 Å². The fraction of sp³-hybridized carbons (Fsp3) is 0.167. The summed E-state index contributed by atoms with van der Waals surface area (Å²) in [4.78, 5) is 15.8. The number of aromatic nitrogens is 1. The zero-order chi connectivity index (χ0) is 12.3. The van der Waals surface area contributed by atoms with E-state index >= 15 is 0 Å². The Morgan fingerprint density at radius 2 is 2.41 bits per heavy atom. The molecule has 0 saturated carbocycles. The molecule has 0 unspecified atom stereocenters. The maximum absolute atomic E-state index is 11.8. The number of aryl methyl sites for hydroxylation is 1. The number of carbonyl (C=O) groups is 1. The van der Waals surface area contributed by atoms with Crippen molar-refractivity contribution in [1.82, 2.24) is 10.3 Å². The minimum atomic E-state index is -0.247. The van der Waals surface area contributed by atoms with Crippen molar-refractivity contribution in [2.24, 2.45) is 0 Å². The molecule has 0 aliphatic heterocycles. The van der Waals surface area contributed by atoms with Crippen molar-refractivity contribution in [3.05, 3.63) is 52.7 Å². The smallest absolute Gasteiger partial charge is 0.254 e. The van der Waals surface area contributed by atoms with Crippen molar-refractivity contribution in [1.29, 1.82) is 0 Å². The van der Waals surface area contributed by atoms with Crippen LogP contribution in [0, 0.1) is 6.92 Å². The lowest BCUT2D eigenvalue weighted by atomic mass is 10.2. The average Bonchev–Trinajstić information content (AvgIpc) is 2.78. The molecule has 17 heavy (non-hydrogen) atoms. The molecule has 0 aliphatic carbocycles. The summed E-state index contributed by atoms with van der Waals surface area (Å²) in [5.74, 6) is -0.247. The van der Waals surface area contributed by atoms with Gasteiger partial charge in [0, 0.05) is 24.0 Å². The molecular weight excluding hydrogens is 240 g/mol. The average molecular weight is 251 g/mol. The topological polar surface area (TPSA) is 55.1 Å². The predicted octanol–water partition coefficient (Wildman–Crippen LogP) is 2.57. The predicted molar refractivity (Wildman–Crippen MR) is 63.9 cm³/mol. The van der Waals surface area contributed by atoms with Crippen LogP contribution in [-0.4, -0.2) is 10.9 Å². The monoisotopic (exact) mass is 250 g/mol. The normalized spacial score (nSPS) is 10.2. The molecule has 0 radical (unpaired) electrons. The highest BCUT2D eigenvalue weighted by Gasteiger charge is 2.10. The number of nitrogens with zero attached hydrogens (tertiary/aromatic N) is 1. The molecule has 1 N–H and O–H groups in total. The highest BCUT2D eigenvalue weighted by Crippen LogP contribution is 2.15. The quantitative estimate of drug-likeness (QED) is 0.911. The Kier molecular flexibility index (Phi) is 3.44. The Bertz CT molecular complexity index is 523. The van der Waals surface area contributed by atoms with Gasteiger partial charge in [-0.15, -0.1) is 0 Å². The molecule has 2 aromatic heterocycles. The van der Waals surface area contributed by atoms with Gasteiger partial charge < -0.3 is 9.73 Å². The van der Waals surface area contributed by atoms with Gasteiger partial charge >= 0.3 is 0 Å². The van der Waals surface area contributed by atoms with Gasteiger partial charge in [0.05, 0.1) is 23.1 Å². The van der Waals surface area contributed by atoms with Gasteiger partial charge in [-0.25, -0.2) is 0 Å². The molecule has 4 nitrogen and oxygen atoms in total. The fourth-order valence-electron chi connectivity index (χ4n) is 1.36. The van der Waals surface area contributed by atoms with E-state index in [-0.39, 0.29) is 5.91 Å². The van der Waals surface area contributed by atoms with Crippen LogP contribution in [0.4, 0.5) is 0 Å². The van der Waals surface area contributed by atoms with Crippen molar-refractivity contribution in [2.45, 2.75) is 13.5 Å². The Morgan fingerprint density at radius 1 is 1.59 bits per heavy atom. The summed E-state index contributed by atoms with van der Waals surface area (Å²) in [6.45, 7) is 2.22. The molecule has 2 heterocycles. The minimum Gasteiger partial charge on any atom is -0.472 e. The van der Waals surface area contributed by atoms with Gasteiger partial charge in [0.25, 0.3) is 5.91 Å². The largest absolute Gasteiger partial charge is 0.472 e. The van der Waals surface area contributed by atoms with Gasteiger partial charge in [-0.3, -0.25) is 9.78 Å². The van der Waals surface area contributed by atoms with Crippen molar-refractivity contribution >= 4 is 17.5 Å². The van der Waals surface area contributed by atoms with Crippen LogP contribution in [0.5, 0.6) is 0 Å². The molecular formula is C12H11ClN2O2. The van der Waals surface area contributed by atoms with E-state index in [1.54, 1.807) is 24.7 Å². The third kappa shape index (κ3) is 2.85. The molecule has 0 bridgehead atoms. The molecule has 0 atom stereocenters. The van der Waals surface area contributed by atoms with Gasteiger partial charge in [0.1, 0.15) is 0 Å². The van der Waals surface area contributed by atoms with Crippen molar-refractivity contribution in [3.63, 3.8) is 0 Å². The molecule has 0 spiro atoms. The second-order valence-corrected chi connectivity index (χ2v) is 4.03. The Hall–Kier alpha value is -1.81. The number of rotatable bonds is 3. The van der Waals surface area contributed by atoms with Gasteiger partial charge in [-0.1, -0.05) is 11.6 Å². The highest BCUT2D eigenvalue weighted by atomic mass is 35.5. The summed E-state index contributed by atoms with van der Waals surface area (Å²) in [6.07, 6.45) is 4.61. The first kappa shape index (κ1) is 11.7. The van der Waals surface area contributed by atoms with Gasteiger partial charge in [-0.2, -0.15) is 0 Å². The molecule has 0 saturated heterocycles. The lowest BCUT2D eigenvalue weighted by molar-refractivity contribution is 0.0950. The molecule has 0 fully saturated rings. The van der Waals surface area contributed by atoms with E-state index in [2.05, 4.69) is 10.3 Å². The number of pyridine rings is 1. The van der Waals surface area contributed by atoms with Crippen molar-refractivity contribution in [3.8, 4) is 0 Å². The second kappa shape index (κ2) is 5.01. The Morgan fingerprint density at radius 3 is 3.06 bits per heavy atom. The highest BCUT2D eigenvalue weighted by molar-refractivity contribution is 6.33. The van der Waals surface area contributed by atoms with E-state index in [1.807, 2.05) is 6.92 Å². The maximum Gasteiger partial charge on any atom is 0.254 e.